The smallest absolute Gasteiger partial charge is 0.255 e. The van der Waals surface area contributed by atoms with E-state index in [-0.39, 0.29) is 46.7 Å². The van der Waals surface area contributed by atoms with Gasteiger partial charge in [-0.1, -0.05) is 12.1 Å². The number of ether oxygens (including phenoxy) is 4. The maximum atomic E-state index is 12.8. The van der Waals surface area contributed by atoms with Crippen LogP contribution in [0.3, 0.4) is 0 Å². The highest BCUT2D eigenvalue weighted by atomic mass is 16.7. The largest absolute Gasteiger partial charge is 0.504 e. The van der Waals surface area contributed by atoms with E-state index < -0.39 is 5.43 Å². The first-order valence-corrected chi connectivity index (χ1v) is 10.2. The molecular formula is C25H19NO8. The van der Waals surface area contributed by atoms with Crippen LogP contribution in [0.5, 0.6) is 28.7 Å². The zero-order valence-electron chi connectivity index (χ0n) is 18.2. The second kappa shape index (κ2) is 8.36. The summed E-state index contributed by atoms with van der Waals surface area (Å²) in [5.41, 5.74) is 1.13. The number of phenols is 1. The first-order valence-electron chi connectivity index (χ1n) is 10.2. The molecule has 0 saturated heterocycles. The zero-order valence-corrected chi connectivity index (χ0v) is 18.2. The summed E-state index contributed by atoms with van der Waals surface area (Å²) in [6.07, 6.45) is 0. The van der Waals surface area contributed by atoms with E-state index in [2.05, 4.69) is 5.32 Å². The highest BCUT2D eigenvalue weighted by Gasteiger charge is 2.20. The molecule has 1 aromatic heterocycles. The lowest BCUT2D eigenvalue weighted by Gasteiger charge is -2.12. The van der Waals surface area contributed by atoms with E-state index in [9.17, 15) is 14.7 Å². The van der Waals surface area contributed by atoms with Crippen molar-refractivity contribution >= 4 is 22.6 Å². The summed E-state index contributed by atoms with van der Waals surface area (Å²) in [6.45, 7) is 0.121. The normalized spacial score (nSPS) is 11.9. The number of carbonyl (C=O) groups excluding carboxylic acids is 1. The maximum Gasteiger partial charge on any atom is 0.255 e. The lowest BCUT2D eigenvalue weighted by molar-refractivity contribution is 0.102. The topological polar surface area (TPSA) is 116 Å². The van der Waals surface area contributed by atoms with Crippen molar-refractivity contribution in [3.8, 4) is 40.1 Å². The van der Waals surface area contributed by atoms with Crippen molar-refractivity contribution in [1.82, 2.24) is 0 Å². The Morgan fingerprint density at radius 2 is 1.82 bits per heavy atom. The number of aromatic hydroxyl groups is 1. The van der Waals surface area contributed by atoms with Crippen LogP contribution in [0.25, 0.3) is 22.3 Å². The number of nitrogens with one attached hydrogen (secondary N) is 1. The number of rotatable bonds is 5. The summed E-state index contributed by atoms with van der Waals surface area (Å²) in [6, 6.07) is 14.5. The highest BCUT2D eigenvalue weighted by molar-refractivity contribution is 6.05. The molecule has 1 amide bonds. The first-order chi connectivity index (χ1) is 16.5. The van der Waals surface area contributed by atoms with Gasteiger partial charge in [0.1, 0.15) is 16.7 Å². The molecule has 34 heavy (non-hydrogen) atoms. The molecule has 0 radical (unpaired) electrons. The highest BCUT2D eigenvalue weighted by Crippen LogP contribution is 2.42. The molecule has 2 N–H and O–H groups in total. The predicted octanol–water partition coefficient (Wildman–Crippen LogP) is 4.16. The minimum Gasteiger partial charge on any atom is -0.504 e. The summed E-state index contributed by atoms with van der Waals surface area (Å²) < 4.78 is 26.9. The van der Waals surface area contributed by atoms with Crippen molar-refractivity contribution in [1.29, 1.82) is 0 Å². The Morgan fingerprint density at radius 3 is 2.62 bits per heavy atom. The monoisotopic (exact) mass is 461 g/mol. The Hall–Kier alpha value is -4.66. The minimum atomic E-state index is -0.454. The Kier molecular flexibility index (Phi) is 5.21. The molecule has 172 valence electrons. The Balaban J connectivity index is 1.48. The summed E-state index contributed by atoms with van der Waals surface area (Å²) in [5.74, 6) is 0.919. The van der Waals surface area contributed by atoms with Crippen LogP contribution >= 0.6 is 0 Å². The molecule has 0 atom stereocenters. The van der Waals surface area contributed by atoms with E-state index in [0.717, 1.165) is 0 Å². The van der Waals surface area contributed by atoms with Gasteiger partial charge in [-0.3, -0.25) is 9.59 Å². The van der Waals surface area contributed by atoms with E-state index in [1.807, 2.05) is 0 Å². The molecule has 0 bridgehead atoms. The van der Waals surface area contributed by atoms with Gasteiger partial charge in [-0.05, 0) is 30.3 Å². The molecule has 0 saturated carbocycles. The number of carbonyl (C=O) groups is 1. The molecule has 5 rings (SSSR count). The zero-order chi connectivity index (χ0) is 23.8. The molecule has 2 heterocycles. The number of benzene rings is 3. The fourth-order valence-electron chi connectivity index (χ4n) is 3.74. The molecular weight excluding hydrogens is 442 g/mol. The van der Waals surface area contributed by atoms with Crippen molar-refractivity contribution < 1.29 is 33.3 Å². The van der Waals surface area contributed by atoms with Crippen LogP contribution in [0, 0.1) is 0 Å². The third-order valence-corrected chi connectivity index (χ3v) is 5.38. The number of anilines is 1. The van der Waals surface area contributed by atoms with Crippen molar-refractivity contribution in [3.63, 3.8) is 0 Å². The summed E-state index contributed by atoms with van der Waals surface area (Å²) in [7, 11) is 2.78. The van der Waals surface area contributed by atoms with E-state index in [4.69, 9.17) is 23.4 Å². The Morgan fingerprint density at radius 1 is 1.00 bits per heavy atom. The molecule has 0 fully saturated rings. The van der Waals surface area contributed by atoms with Crippen LogP contribution < -0.4 is 29.7 Å². The lowest BCUT2D eigenvalue weighted by Crippen LogP contribution is -2.11. The van der Waals surface area contributed by atoms with Gasteiger partial charge in [0.25, 0.3) is 5.91 Å². The molecule has 1 aliphatic heterocycles. The van der Waals surface area contributed by atoms with Crippen molar-refractivity contribution in [3.05, 3.63) is 70.4 Å². The number of hydrogen-bond acceptors (Lipinski definition) is 8. The summed E-state index contributed by atoms with van der Waals surface area (Å²) in [4.78, 5) is 25.5. The SMILES string of the molecule is COc1cc2oc(-c3cccc(NC(=O)c4ccc5c(c4)OCO5)c3)cc(=O)c2c(O)c1OC. The third kappa shape index (κ3) is 3.62. The van der Waals surface area contributed by atoms with Crippen LogP contribution in [0.2, 0.25) is 0 Å². The fraction of sp³-hybridized carbons (Fsp3) is 0.120. The second-order valence-electron chi connectivity index (χ2n) is 7.41. The second-order valence-corrected chi connectivity index (χ2v) is 7.41. The van der Waals surface area contributed by atoms with Crippen molar-refractivity contribution in [2.45, 2.75) is 0 Å². The van der Waals surface area contributed by atoms with Crippen LogP contribution in [-0.4, -0.2) is 32.0 Å². The molecule has 1 aliphatic rings. The quantitative estimate of drug-likeness (QED) is 0.455. The van der Waals surface area contributed by atoms with Gasteiger partial charge in [-0.25, -0.2) is 0 Å². The van der Waals surface area contributed by atoms with Crippen molar-refractivity contribution in [2.75, 3.05) is 26.3 Å². The van der Waals surface area contributed by atoms with Gasteiger partial charge in [-0.15, -0.1) is 0 Å². The Labute approximate surface area is 193 Å². The summed E-state index contributed by atoms with van der Waals surface area (Å²) in [5, 5.41) is 13.3. The number of hydrogen-bond donors (Lipinski definition) is 2. The van der Waals surface area contributed by atoms with Crippen LogP contribution in [0.1, 0.15) is 10.4 Å². The number of methoxy groups -OCH3 is 2. The molecule has 0 unspecified atom stereocenters. The van der Waals surface area contributed by atoms with Crippen molar-refractivity contribution in [2.24, 2.45) is 0 Å². The van der Waals surface area contributed by atoms with Gasteiger partial charge < -0.3 is 33.8 Å². The molecule has 3 aromatic carbocycles. The standard InChI is InChI=1S/C25H19NO8/c1-30-21-11-20-22(23(28)24(21)31-2)16(27)10-18(34-20)13-4-3-5-15(8-13)26-25(29)14-6-7-17-19(9-14)33-12-32-17/h3-11,28H,12H2,1-2H3,(H,26,29). The molecule has 9 heteroatoms. The van der Waals surface area contributed by atoms with Crippen LogP contribution in [0.4, 0.5) is 5.69 Å². The van der Waals surface area contributed by atoms with E-state index >= 15 is 0 Å². The first kappa shape index (κ1) is 21.2. The maximum absolute atomic E-state index is 12.8. The molecule has 4 aromatic rings. The average Bonchev–Trinajstić information content (AvgIpc) is 3.31. The molecule has 0 spiro atoms. The van der Waals surface area contributed by atoms with Gasteiger partial charge >= 0.3 is 0 Å². The number of phenolic OH excluding ortho intramolecular Hbond substituents is 1. The number of fused-ring (bicyclic) bond motifs is 2. The average molecular weight is 461 g/mol. The lowest BCUT2D eigenvalue weighted by atomic mass is 10.1. The van der Waals surface area contributed by atoms with Gasteiger partial charge in [-0.2, -0.15) is 0 Å². The van der Waals surface area contributed by atoms with Gasteiger partial charge in [0, 0.05) is 28.9 Å². The predicted molar refractivity (Wildman–Crippen MR) is 123 cm³/mol. The van der Waals surface area contributed by atoms with Crippen LogP contribution in [0.15, 0.2) is 63.8 Å². The molecule has 0 aliphatic carbocycles. The fourth-order valence-corrected chi connectivity index (χ4v) is 3.74. The van der Waals surface area contributed by atoms with Gasteiger partial charge in [0.05, 0.1) is 14.2 Å². The minimum absolute atomic E-state index is 0.0198. The summed E-state index contributed by atoms with van der Waals surface area (Å²) >= 11 is 0. The van der Waals surface area contributed by atoms with Gasteiger partial charge in [0.2, 0.25) is 12.5 Å². The van der Waals surface area contributed by atoms with E-state index in [1.165, 1.54) is 26.4 Å². The van der Waals surface area contributed by atoms with Crippen LogP contribution in [-0.2, 0) is 0 Å². The Bertz CT molecular complexity index is 1490. The molecule has 9 nitrogen and oxygen atoms in total. The van der Waals surface area contributed by atoms with E-state index in [1.54, 1.807) is 42.5 Å². The van der Waals surface area contributed by atoms with E-state index in [0.29, 0.717) is 28.3 Å². The van der Waals surface area contributed by atoms with Gasteiger partial charge in [0.15, 0.2) is 28.4 Å². The third-order valence-electron chi connectivity index (χ3n) is 5.38. The number of amides is 1.